The summed E-state index contributed by atoms with van der Waals surface area (Å²) >= 11 is 0. The molecule has 0 aliphatic carbocycles. The smallest absolute Gasteiger partial charge is 0.0526 e. The second-order valence-corrected chi connectivity index (χ2v) is 3.61. The molecule has 0 saturated carbocycles. The van der Waals surface area contributed by atoms with Crippen LogP contribution in [-0.4, -0.2) is 6.54 Å². The third kappa shape index (κ3) is 1.08. The Balaban J connectivity index is 2.34. The summed E-state index contributed by atoms with van der Waals surface area (Å²) in [7, 11) is 0. The molecule has 0 radical (unpaired) electrons. The maximum atomic E-state index is 3.20. The van der Waals surface area contributed by atoms with Crippen molar-refractivity contribution in [2.24, 2.45) is 0 Å². The summed E-state index contributed by atoms with van der Waals surface area (Å²) < 4.78 is 0. The Morgan fingerprint density at radius 2 is 1.93 bits per heavy atom. The average molecular weight is 184 g/mol. The molecule has 1 heterocycles. The van der Waals surface area contributed by atoms with Crippen molar-refractivity contribution in [1.29, 1.82) is 0 Å². The van der Waals surface area contributed by atoms with Gasteiger partial charge in [-0.1, -0.05) is 30.3 Å². The molecule has 2 aromatic rings. The van der Waals surface area contributed by atoms with E-state index in [0.717, 1.165) is 13.0 Å². The summed E-state index contributed by atoms with van der Waals surface area (Å²) in [6, 6.07) is 12.9. The molecular weight excluding hydrogens is 172 g/mol. The van der Waals surface area contributed by atoms with Gasteiger partial charge in [0, 0.05) is 6.54 Å². The van der Waals surface area contributed by atoms with E-state index < -0.39 is 0 Å². The topological polar surface area (TPSA) is 24.1 Å². The van der Waals surface area contributed by atoms with Crippen molar-refractivity contribution in [2.45, 2.75) is 6.42 Å². The SMILES string of the molecule is c1ccc2c3c(ccc2c1)NNCC3. The zero-order valence-electron chi connectivity index (χ0n) is 7.88. The van der Waals surface area contributed by atoms with E-state index in [0.29, 0.717) is 0 Å². The standard InChI is InChI=1S/C12H12N2/c1-2-4-10-9(3-1)5-6-12-11(10)7-8-13-14-12/h1-6,13-14H,7-8H2. The van der Waals surface area contributed by atoms with Gasteiger partial charge >= 0.3 is 0 Å². The van der Waals surface area contributed by atoms with Gasteiger partial charge in [-0.15, -0.1) is 0 Å². The second kappa shape index (κ2) is 3.00. The number of rotatable bonds is 0. The highest BCUT2D eigenvalue weighted by molar-refractivity contribution is 5.90. The van der Waals surface area contributed by atoms with Crippen LogP contribution in [0.1, 0.15) is 5.56 Å². The first-order valence-corrected chi connectivity index (χ1v) is 4.95. The first-order chi connectivity index (χ1) is 6.95. The summed E-state index contributed by atoms with van der Waals surface area (Å²) in [6.45, 7) is 1.00. The van der Waals surface area contributed by atoms with Gasteiger partial charge in [0.2, 0.25) is 0 Å². The first kappa shape index (κ1) is 7.83. The molecule has 1 aliphatic heterocycles. The van der Waals surface area contributed by atoms with Crippen LogP contribution >= 0.6 is 0 Å². The minimum Gasteiger partial charge on any atom is -0.321 e. The molecule has 70 valence electrons. The maximum Gasteiger partial charge on any atom is 0.0526 e. The van der Waals surface area contributed by atoms with E-state index >= 15 is 0 Å². The Labute approximate surface area is 82.9 Å². The average Bonchev–Trinajstić information content (AvgIpc) is 2.29. The number of nitrogens with one attached hydrogen (secondary N) is 2. The minimum atomic E-state index is 1.00. The Morgan fingerprint density at radius 1 is 1.00 bits per heavy atom. The number of hydrazine groups is 1. The molecule has 2 aromatic carbocycles. The van der Waals surface area contributed by atoms with Gasteiger partial charge in [0.05, 0.1) is 5.69 Å². The van der Waals surface area contributed by atoms with Crippen molar-refractivity contribution in [3.63, 3.8) is 0 Å². The van der Waals surface area contributed by atoms with E-state index in [4.69, 9.17) is 0 Å². The molecule has 0 amide bonds. The lowest BCUT2D eigenvalue weighted by Crippen LogP contribution is -2.29. The van der Waals surface area contributed by atoms with Crippen molar-refractivity contribution in [2.75, 3.05) is 12.0 Å². The molecule has 0 spiro atoms. The van der Waals surface area contributed by atoms with Crippen molar-refractivity contribution in [1.82, 2.24) is 5.43 Å². The van der Waals surface area contributed by atoms with E-state index in [-0.39, 0.29) is 0 Å². The van der Waals surface area contributed by atoms with Crippen LogP contribution in [0.15, 0.2) is 36.4 Å². The van der Waals surface area contributed by atoms with Gasteiger partial charge in [0.25, 0.3) is 0 Å². The molecule has 0 saturated heterocycles. The zero-order valence-corrected chi connectivity index (χ0v) is 7.88. The number of benzene rings is 2. The van der Waals surface area contributed by atoms with E-state index in [1.165, 1.54) is 22.0 Å². The molecule has 0 aromatic heterocycles. The minimum absolute atomic E-state index is 1.00. The summed E-state index contributed by atoms with van der Waals surface area (Å²) in [4.78, 5) is 0. The monoisotopic (exact) mass is 184 g/mol. The molecule has 0 bridgehead atoms. The molecular formula is C12H12N2. The fourth-order valence-corrected chi connectivity index (χ4v) is 2.07. The van der Waals surface area contributed by atoms with Gasteiger partial charge in [-0.25, -0.2) is 5.43 Å². The molecule has 1 aliphatic rings. The predicted octanol–water partition coefficient (Wildman–Crippen LogP) is 2.31. The van der Waals surface area contributed by atoms with Crippen LogP contribution < -0.4 is 10.9 Å². The van der Waals surface area contributed by atoms with E-state index in [1.54, 1.807) is 0 Å². The summed E-state index contributed by atoms with van der Waals surface area (Å²) in [5.41, 5.74) is 9.01. The van der Waals surface area contributed by atoms with Crippen molar-refractivity contribution < 1.29 is 0 Å². The fourth-order valence-electron chi connectivity index (χ4n) is 2.07. The largest absolute Gasteiger partial charge is 0.321 e. The molecule has 2 nitrogen and oxygen atoms in total. The number of hydrogen-bond donors (Lipinski definition) is 2. The Bertz CT molecular complexity index is 477. The fraction of sp³-hybridized carbons (Fsp3) is 0.167. The Hall–Kier alpha value is -1.54. The van der Waals surface area contributed by atoms with Crippen LogP contribution in [0.5, 0.6) is 0 Å². The highest BCUT2D eigenvalue weighted by Crippen LogP contribution is 2.27. The summed E-state index contributed by atoms with van der Waals surface area (Å²) in [6.07, 6.45) is 1.10. The predicted molar refractivity (Wildman–Crippen MR) is 59.3 cm³/mol. The Morgan fingerprint density at radius 3 is 2.93 bits per heavy atom. The van der Waals surface area contributed by atoms with Gasteiger partial charge in [-0.2, -0.15) is 0 Å². The van der Waals surface area contributed by atoms with Crippen molar-refractivity contribution in [3.05, 3.63) is 42.0 Å². The molecule has 2 heteroatoms. The number of fused-ring (bicyclic) bond motifs is 3. The highest BCUT2D eigenvalue weighted by Gasteiger charge is 2.10. The second-order valence-electron chi connectivity index (χ2n) is 3.61. The van der Waals surface area contributed by atoms with E-state index in [2.05, 4.69) is 47.2 Å². The summed E-state index contributed by atoms with van der Waals surface area (Å²) in [5.74, 6) is 0. The number of hydrogen-bond acceptors (Lipinski definition) is 2. The molecule has 14 heavy (non-hydrogen) atoms. The maximum absolute atomic E-state index is 3.20. The Kier molecular flexibility index (Phi) is 1.67. The lowest BCUT2D eigenvalue weighted by atomic mass is 9.99. The lowest BCUT2D eigenvalue weighted by molar-refractivity contribution is 0.751. The van der Waals surface area contributed by atoms with Crippen molar-refractivity contribution >= 4 is 16.5 Å². The van der Waals surface area contributed by atoms with Crippen LogP contribution in [0.3, 0.4) is 0 Å². The number of anilines is 1. The van der Waals surface area contributed by atoms with Crippen LogP contribution in [-0.2, 0) is 6.42 Å². The summed E-state index contributed by atoms with van der Waals surface area (Å²) in [5, 5.41) is 2.70. The highest BCUT2D eigenvalue weighted by atomic mass is 15.4. The quantitative estimate of drug-likeness (QED) is 0.656. The third-order valence-corrected chi connectivity index (χ3v) is 2.76. The van der Waals surface area contributed by atoms with Crippen LogP contribution in [0, 0.1) is 0 Å². The van der Waals surface area contributed by atoms with Crippen molar-refractivity contribution in [3.8, 4) is 0 Å². The molecule has 0 fully saturated rings. The van der Waals surface area contributed by atoms with Gasteiger partial charge in [0.15, 0.2) is 0 Å². The van der Waals surface area contributed by atoms with E-state index in [9.17, 15) is 0 Å². The molecule has 2 N–H and O–H groups in total. The van der Waals surface area contributed by atoms with Gasteiger partial charge in [0.1, 0.15) is 0 Å². The molecule has 0 atom stereocenters. The molecule has 0 unspecified atom stereocenters. The van der Waals surface area contributed by atoms with Gasteiger partial charge in [-0.3, -0.25) is 0 Å². The van der Waals surface area contributed by atoms with E-state index in [1.807, 2.05) is 0 Å². The first-order valence-electron chi connectivity index (χ1n) is 4.95. The zero-order chi connectivity index (χ0) is 9.38. The van der Waals surface area contributed by atoms with Gasteiger partial charge in [-0.05, 0) is 28.8 Å². The van der Waals surface area contributed by atoms with Crippen LogP contribution in [0.25, 0.3) is 10.8 Å². The van der Waals surface area contributed by atoms with Crippen LogP contribution in [0.4, 0.5) is 5.69 Å². The normalized spacial score (nSPS) is 14.9. The van der Waals surface area contributed by atoms with Crippen LogP contribution in [0.2, 0.25) is 0 Å². The van der Waals surface area contributed by atoms with Gasteiger partial charge < -0.3 is 5.43 Å². The third-order valence-electron chi connectivity index (χ3n) is 2.76. The lowest BCUT2D eigenvalue weighted by Gasteiger charge is -2.20. The molecule has 3 rings (SSSR count).